The van der Waals surface area contributed by atoms with Gasteiger partial charge in [0.1, 0.15) is 0 Å². The summed E-state index contributed by atoms with van der Waals surface area (Å²) in [5.74, 6) is 0.0546. The van der Waals surface area contributed by atoms with Gasteiger partial charge in [0, 0.05) is 0 Å². The number of Topliss-reactive ketones (excluding diaryl/α,β-unsaturated/α-hetero) is 1. The molecule has 3 nitrogen and oxygen atoms in total. The van der Waals surface area contributed by atoms with Crippen LogP contribution in [0.1, 0.15) is 46.0 Å². The molecule has 0 aliphatic heterocycles. The Balaban J connectivity index is 2.57. The predicted molar refractivity (Wildman–Crippen MR) is 63.9 cm³/mol. The Kier molecular flexibility index (Phi) is 4.27. The Morgan fingerprint density at radius 1 is 1.40 bits per heavy atom. The summed E-state index contributed by atoms with van der Waals surface area (Å²) in [6.45, 7) is 3.76. The van der Waals surface area contributed by atoms with Gasteiger partial charge in [-0.15, -0.1) is 0 Å². The smallest absolute Gasteiger partial charge is 0.235 e. The monoisotopic (exact) mass is 229 g/mol. The minimum absolute atomic E-state index is 0.0546. The maximum absolute atomic E-state index is 11.4. The molecule has 15 heavy (non-hydrogen) atoms. The standard InChI is InChI=1S/C11H20NO2P/c1-8(13)9(12-10(14)15)7-11(2)5-3-4-6-11/h9H,3-7,15H2,1-2H3,(H,12,14)/t9-/m0/s1. The summed E-state index contributed by atoms with van der Waals surface area (Å²) in [6.07, 6.45) is 5.61. The third-order valence-electron chi connectivity index (χ3n) is 3.31. The third-order valence-corrected chi connectivity index (χ3v) is 3.48. The van der Waals surface area contributed by atoms with Crippen LogP contribution < -0.4 is 5.32 Å². The lowest BCUT2D eigenvalue weighted by Crippen LogP contribution is -2.40. The van der Waals surface area contributed by atoms with Gasteiger partial charge in [0.05, 0.1) is 6.04 Å². The molecule has 1 N–H and O–H groups in total. The first-order valence-corrected chi connectivity index (χ1v) is 6.07. The average molecular weight is 229 g/mol. The Morgan fingerprint density at radius 2 is 1.93 bits per heavy atom. The van der Waals surface area contributed by atoms with Gasteiger partial charge in [0.15, 0.2) is 5.78 Å². The van der Waals surface area contributed by atoms with Gasteiger partial charge >= 0.3 is 0 Å². The molecule has 0 aromatic rings. The van der Waals surface area contributed by atoms with Crippen molar-refractivity contribution in [1.82, 2.24) is 5.32 Å². The topological polar surface area (TPSA) is 46.2 Å². The van der Waals surface area contributed by atoms with Gasteiger partial charge in [-0.25, -0.2) is 0 Å². The SMILES string of the molecule is CC(=O)[C@H](CC1(C)CCCC1)NC(=O)P. The zero-order valence-corrected chi connectivity index (χ0v) is 10.7. The van der Waals surface area contributed by atoms with E-state index in [1.807, 2.05) is 0 Å². The van der Waals surface area contributed by atoms with Gasteiger partial charge in [0.25, 0.3) is 0 Å². The number of nitrogens with one attached hydrogen (secondary N) is 1. The molecule has 0 saturated heterocycles. The maximum atomic E-state index is 11.4. The van der Waals surface area contributed by atoms with E-state index in [0.29, 0.717) is 0 Å². The van der Waals surface area contributed by atoms with Gasteiger partial charge in [0.2, 0.25) is 5.65 Å². The molecule has 0 bridgehead atoms. The first kappa shape index (κ1) is 12.6. The van der Waals surface area contributed by atoms with Gasteiger partial charge < -0.3 is 5.32 Å². The molecular weight excluding hydrogens is 209 g/mol. The number of carbonyl (C=O) groups is 2. The zero-order chi connectivity index (χ0) is 11.5. The van der Waals surface area contributed by atoms with Crippen LogP contribution in [0, 0.1) is 5.41 Å². The van der Waals surface area contributed by atoms with Crippen LogP contribution >= 0.6 is 9.24 Å². The Morgan fingerprint density at radius 3 is 2.33 bits per heavy atom. The molecule has 1 fully saturated rings. The van der Waals surface area contributed by atoms with Crippen molar-refractivity contribution in [3.8, 4) is 0 Å². The molecular formula is C11H20NO2P. The van der Waals surface area contributed by atoms with Crippen LogP contribution in [0.15, 0.2) is 0 Å². The average Bonchev–Trinajstić information content (AvgIpc) is 2.50. The summed E-state index contributed by atoms with van der Waals surface area (Å²) in [4.78, 5) is 22.3. The minimum Gasteiger partial charge on any atom is -0.343 e. The zero-order valence-electron chi connectivity index (χ0n) is 9.51. The molecule has 1 aliphatic rings. The van der Waals surface area contributed by atoms with Crippen LogP contribution in [-0.2, 0) is 4.79 Å². The molecule has 1 unspecified atom stereocenters. The molecule has 2 atom stereocenters. The minimum atomic E-state index is -0.307. The van der Waals surface area contributed by atoms with Gasteiger partial charge in [-0.05, 0) is 40.8 Å². The second kappa shape index (κ2) is 5.07. The molecule has 1 aliphatic carbocycles. The molecule has 0 radical (unpaired) electrons. The van der Waals surface area contributed by atoms with Crippen molar-refractivity contribution >= 4 is 20.7 Å². The number of rotatable bonds is 4. The Hall–Kier alpha value is -0.430. The van der Waals surface area contributed by atoms with Crippen molar-refractivity contribution in [3.63, 3.8) is 0 Å². The highest BCUT2D eigenvalue weighted by molar-refractivity contribution is 7.39. The van der Waals surface area contributed by atoms with Crippen molar-refractivity contribution < 1.29 is 9.59 Å². The molecule has 0 spiro atoms. The van der Waals surface area contributed by atoms with Crippen molar-refractivity contribution in [1.29, 1.82) is 0 Å². The van der Waals surface area contributed by atoms with Crippen LogP contribution in [0.4, 0.5) is 4.79 Å². The van der Waals surface area contributed by atoms with E-state index >= 15 is 0 Å². The van der Waals surface area contributed by atoms with E-state index in [1.165, 1.54) is 25.7 Å². The number of ketones is 1. The number of hydrogen-bond acceptors (Lipinski definition) is 2. The van der Waals surface area contributed by atoms with E-state index < -0.39 is 0 Å². The van der Waals surface area contributed by atoms with Crippen molar-refractivity contribution in [3.05, 3.63) is 0 Å². The molecule has 1 amide bonds. The van der Waals surface area contributed by atoms with E-state index in [1.54, 1.807) is 6.92 Å². The molecule has 0 heterocycles. The summed E-state index contributed by atoms with van der Waals surface area (Å²) in [5.41, 5.74) is 0.0421. The van der Waals surface area contributed by atoms with Crippen molar-refractivity contribution in [2.75, 3.05) is 0 Å². The molecule has 0 aromatic carbocycles. The molecule has 1 rings (SSSR count). The summed E-state index contributed by atoms with van der Waals surface area (Å²) in [5, 5.41) is 2.71. The normalized spacial score (nSPS) is 21.0. The van der Waals surface area contributed by atoms with Crippen LogP contribution in [0.25, 0.3) is 0 Å². The number of amides is 1. The Bertz CT molecular complexity index is 259. The van der Waals surface area contributed by atoms with E-state index in [2.05, 4.69) is 21.5 Å². The lowest BCUT2D eigenvalue weighted by atomic mass is 9.81. The molecule has 4 heteroatoms. The fourth-order valence-corrected chi connectivity index (χ4v) is 2.59. The fourth-order valence-electron chi connectivity index (χ4n) is 2.39. The van der Waals surface area contributed by atoms with E-state index in [4.69, 9.17) is 0 Å². The molecule has 0 aromatic heterocycles. The quantitative estimate of drug-likeness (QED) is 0.753. The first-order valence-electron chi connectivity index (χ1n) is 5.49. The first-order chi connectivity index (χ1) is 6.93. The second-order valence-corrected chi connectivity index (χ2v) is 5.42. The van der Waals surface area contributed by atoms with Crippen LogP contribution in [0.2, 0.25) is 0 Å². The maximum Gasteiger partial charge on any atom is 0.235 e. The highest BCUT2D eigenvalue weighted by atomic mass is 31.0. The number of carbonyl (C=O) groups excluding carboxylic acids is 2. The molecule has 86 valence electrons. The second-order valence-electron chi connectivity index (χ2n) is 4.89. The van der Waals surface area contributed by atoms with E-state index in [-0.39, 0.29) is 22.9 Å². The summed E-state index contributed by atoms with van der Waals surface area (Å²) < 4.78 is 0. The van der Waals surface area contributed by atoms with E-state index in [9.17, 15) is 9.59 Å². The highest BCUT2D eigenvalue weighted by Gasteiger charge is 2.33. The summed E-state index contributed by atoms with van der Waals surface area (Å²) in [6, 6.07) is -0.307. The van der Waals surface area contributed by atoms with Gasteiger partial charge in [-0.1, -0.05) is 19.8 Å². The third kappa shape index (κ3) is 3.90. The Labute approximate surface area is 93.6 Å². The largest absolute Gasteiger partial charge is 0.343 e. The van der Waals surface area contributed by atoms with E-state index in [0.717, 1.165) is 6.42 Å². The van der Waals surface area contributed by atoms with Crippen molar-refractivity contribution in [2.24, 2.45) is 5.41 Å². The number of hydrogen-bond donors (Lipinski definition) is 1. The van der Waals surface area contributed by atoms with Gasteiger partial charge in [-0.2, -0.15) is 0 Å². The predicted octanol–water partition coefficient (Wildman–Crippen LogP) is 2.50. The lowest BCUT2D eigenvalue weighted by molar-refractivity contribution is -0.119. The molecule has 1 saturated carbocycles. The summed E-state index contributed by atoms with van der Waals surface area (Å²) >= 11 is 0. The van der Waals surface area contributed by atoms with Crippen LogP contribution in [0.5, 0.6) is 0 Å². The fraction of sp³-hybridized carbons (Fsp3) is 0.818. The van der Waals surface area contributed by atoms with Crippen molar-refractivity contribution in [2.45, 2.75) is 52.0 Å². The van der Waals surface area contributed by atoms with Crippen LogP contribution in [-0.4, -0.2) is 17.5 Å². The summed E-state index contributed by atoms with van der Waals surface area (Å²) in [7, 11) is 2.06. The van der Waals surface area contributed by atoms with Gasteiger partial charge in [-0.3, -0.25) is 9.59 Å². The highest BCUT2D eigenvalue weighted by Crippen LogP contribution is 2.41. The lowest BCUT2D eigenvalue weighted by Gasteiger charge is -2.28. The van der Waals surface area contributed by atoms with Crippen LogP contribution in [0.3, 0.4) is 0 Å².